The van der Waals surface area contributed by atoms with Crippen LogP contribution in [-0.4, -0.2) is 30.5 Å². The molecule has 1 N–H and O–H groups in total. The molecule has 4 aromatic rings. The fourth-order valence-corrected chi connectivity index (χ4v) is 2.90. The SMILES string of the molecule is Cc1cccc(-n2nnc3c(=O)n(CC(=O)NCc4ccccc4)cnc32)c1. The third kappa shape index (κ3) is 3.52. The van der Waals surface area contributed by atoms with Gasteiger partial charge >= 0.3 is 0 Å². The molecule has 0 spiro atoms. The zero-order valence-corrected chi connectivity index (χ0v) is 15.2. The molecule has 4 rings (SSSR count). The standard InChI is InChI=1S/C20H18N6O2/c1-14-6-5-9-16(10-14)26-19-18(23-24-26)20(28)25(13-22-19)12-17(27)21-11-15-7-3-2-4-8-15/h2-10,13H,11-12H2,1H3,(H,21,27). The molecule has 8 heteroatoms. The molecule has 0 atom stereocenters. The van der Waals surface area contributed by atoms with E-state index in [-0.39, 0.29) is 18.0 Å². The lowest BCUT2D eigenvalue weighted by atomic mass is 10.2. The lowest BCUT2D eigenvalue weighted by Crippen LogP contribution is -2.32. The monoisotopic (exact) mass is 374 g/mol. The van der Waals surface area contributed by atoms with E-state index in [1.165, 1.54) is 15.6 Å². The van der Waals surface area contributed by atoms with E-state index < -0.39 is 5.56 Å². The van der Waals surface area contributed by atoms with Crippen LogP contribution in [0.4, 0.5) is 0 Å². The maximum absolute atomic E-state index is 12.7. The molecule has 0 radical (unpaired) electrons. The Labute approximate surface area is 160 Å². The second-order valence-electron chi connectivity index (χ2n) is 6.45. The maximum Gasteiger partial charge on any atom is 0.284 e. The molecule has 0 aliphatic rings. The third-order valence-electron chi connectivity index (χ3n) is 4.32. The molecular formula is C20H18N6O2. The quantitative estimate of drug-likeness (QED) is 0.573. The third-order valence-corrected chi connectivity index (χ3v) is 4.32. The van der Waals surface area contributed by atoms with Crippen molar-refractivity contribution in [2.75, 3.05) is 0 Å². The minimum atomic E-state index is -0.404. The van der Waals surface area contributed by atoms with Crippen molar-refractivity contribution < 1.29 is 4.79 Å². The van der Waals surface area contributed by atoms with Gasteiger partial charge < -0.3 is 5.32 Å². The van der Waals surface area contributed by atoms with E-state index in [4.69, 9.17) is 0 Å². The van der Waals surface area contributed by atoms with E-state index in [0.29, 0.717) is 12.2 Å². The van der Waals surface area contributed by atoms with Gasteiger partial charge in [-0.3, -0.25) is 14.2 Å². The van der Waals surface area contributed by atoms with E-state index in [1.807, 2.05) is 61.5 Å². The predicted molar refractivity (Wildman–Crippen MR) is 104 cm³/mol. The minimum Gasteiger partial charge on any atom is -0.350 e. The molecular weight excluding hydrogens is 356 g/mol. The van der Waals surface area contributed by atoms with Gasteiger partial charge in [-0.15, -0.1) is 5.10 Å². The molecule has 8 nitrogen and oxygen atoms in total. The topological polar surface area (TPSA) is 94.7 Å². The van der Waals surface area contributed by atoms with Crippen molar-refractivity contribution >= 4 is 17.1 Å². The van der Waals surface area contributed by atoms with Crippen LogP contribution >= 0.6 is 0 Å². The van der Waals surface area contributed by atoms with Crippen molar-refractivity contribution in [3.8, 4) is 5.69 Å². The molecule has 1 amide bonds. The molecule has 0 aliphatic carbocycles. The number of hydrogen-bond acceptors (Lipinski definition) is 5. The van der Waals surface area contributed by atoms with Crippen LogP contribution in [0.15, 0.2) is 65.7 Å². The first kappa shape index (κ1) is 17.6. The van der Waals surface area contributed by atoms with Crippen molar-refractivity contribution in [3.05, 3.63) is 82.4 Å². The average Bonchev–Trinajstić information content (AvgIpc) is 3.14. The van der Waals surface area contributed by atoms with Crippen LogP contribution in [0.1, 0.15) is 11.1 Å². The summed E-state index contributed by atoms with van der Waals surface area (Å²) in [5.41, 5.74) is 2.89. The predicted octanol–water partition coefficient (Wildman–Crippen LogP) is 1.60. The summed E-state index contributed by atoms with van der Waals surface area (Å²) in [6.07, 6.45) is 1.35. The van der Waals surface area contributed by atoms with Gasteiger partial charge in [-0.1, -0.05) is 47.7 Å². The van der Waals surface area contributed by atoms with Crippen LogP contribution in [0, 0.1) is 6.92 Å². The number of amides is 1. The van der Waals surface area contributed by atoms with Gasteiger partial charge in [0.25, 0.3) is 5.56 Å². The highest BCUT2D eigenvalue weighted by molar-refractivity contribution is 5.76. The molecule has 2 aromatic carbocycles. The van der Waals surface area contributed by atoms with Crippen LogP contribution in [0.3, 0.4) is 0 Å². The molecule has 140 valence electrons. The van der Waals surface area contributed by atoms with E-state index >= 15 is 0 Å². The van der Waals surface area contributed by atoms with Gasteiger partial charge in [-0.2, -0.15) is 4.68 Å². The lowest BCUT2D eigenvalue weighted by molar-refractivity contribution is -0.121. The smallest absolute Gasteiger partial charge is 0.284 e. The Hall–Kier alpha value is -3.81. The second kappa shape index (κ2) is 7.43. The molecule has 0 saturated carbocycles. The first-order valence-electron chi connectivity index (χ1n) is 8.80. The zero-order chi connectivity index (χ0) is 19.5. The lowest BCUT2D eigenvalue weighted by Gasteiger charge is -2.07. The molecule has 0 unspecified atom stereocenters. The highest BCUT2D eigenvalue weighted by Gasteiger charge is 2.14. The van der Waals surface area contributed by atoms with Gasteiger partial charge in [-0.25, -0.2) is 4.98 Å². The Kier molecular flexibility index (Phi) is 4.67. The Bertz CT molecular complexity index is 1200. The molecule has 2 heterocycles. The summed E-state index contributed by atoms with van der Waals surface area (Å²) in [6, 6.07) is 17.2. The molecule has 28 heavy (non-hydrogen) atoms. The first-order chi connectivity index (χ1) is 13.6. The first-order valence-corrected chi connectivity index (χ1v) is 8.80. The van der Waals surface area contributed by atoms with Crippen molar-refractivity contribution in [3.63, 3.8) is 0 Å². The number of carbonyl (C=O) groups is 1. The number of benzene rings is 2. The number of carbonyl (C=O) groups excluding carboxylic acids is 1. The molecule has 0 fully saturated rings. The summed E-state index contributed by atoms with van der Waals surface area (Å²) in [5.74, 6) is -0.279. The normalized spacial score (nSPS) is 10.9. The molecule has 0 bridgehead atoms. The minimum absolute atomic E-state index is 0.125. The fourth-order valence-electron chi connectivity index (χ4n) is 2.90. The largest absolute Gasteiger partial charge is 0.350 e. The van der Waals surface area contributed by atoms with Gasteiger partial charge in [0.1, 0.15) is 12.9 Å². The van der Waals surface area contributed by atoms with E-state index in [1.54, 1.807) is 0 Å². The van der Waals surface area contributed by atoms with Gasteiger partial charge in [0.05, 0.1) is 5.69 Å². The summed E-state index contributed by atoms with van der Waals surface area (Å²) in [4.78, 5) is 29.2. The van der Waals surface area contributed by atoms with Crippen molar-refractivity contribution in [1.82, 2.24) is 29.9 Å². The second-order valence-corrected chi connectivity index (χ2v) is 6.45. The van der Waals surface area contributed by atoms with E-state index in [0.717, 1.165) is 16.8 Å². The van der Waals surface area contributed by atoms with Crippen LogP contribution in [-0.2, 0) is 17.9 Å². The Balaban J connectivity index is 1.55. The van der Waals surface area contributed by atoms with Crippen LogP contribution in [0.25, 0.3) is 16.9 Å². The number of nitrogens with one attached hydrogen (secondary N) is 1. The van der Waals surface area contributed by atoms with Crippen LogP contribution < -0.4 is 10.9 Å². The van der Waals surface area contributed by atoms with Crippen molar-refractivity contribution in [2.24, 2.45) is 0 Å². The number of aromatic nitrogens is 5. The average molecular weight is 374 g/mol. The number of fused-ring (bicyclic) bond motifs is 1. The van der Waals surface area contributed by atoms with Gasteiger partial charge in [0.15, 0.2) is 11.2 Å². The Morgan fingerprint density at radius 3 is 2.71 bits per heavy atom. The summed E-state index contributed by atoms with van der Waals surface area (Å²) in [5, 5.41) is 10.8. The Morgan fingerprint density at radius 2 is 1.93 bits per heavy atom. The van der Waals surface area contributed by atoms with Crippen LogP contribution in [0.5, 0.6) is 0 Å². The van der Waals surface area contributed by atoms with E-state index in [2.05, 4.69) is 20.6 Å². The summed E-state index contributed by atoms with van der Waals surface area (Å²) < 4.78 is 2.75. The number of aryl methyl sites for hydroxylation is 1. The van der Waals surface area contributed by atoms with Crippen LogP contribution in [0.2, 0.25) is 0 Å². The van der Waals surface area contributed by atoms with Gasteiger partial charge in [0.2, 0.25) is 5.91 Å². The fraction of sp³-hybridized carbons (Fsp3) is 0.150. The van der Waals surface area contributed by atoms with Crippen molar-refractivity contribution in [1.29, 1.82) is 0 Å². The highest BCUT2D eigenvalue weighted by atomic mass is 16.2. The molecule has 0 aliphatic heterocycles. The summed E-state index contributed by atoms with van der Waals surface area (Å²) >= 11 is 0. The molecule has 2 aromatic heterocycles. The maximum atomic E-state index is 12.7. The number of hydrogen-bond donors (Lipinski definition) is 1. The molecule has 0 saturated heterocycles. The highest BCUT2D eigenvalue weighted by Crippen LogP contribution is 2.13. The summed E-state index contributed by atoms with van der Waals surface area (Å²) in [6.45, 7) is 2.23. The van der Waals surface area contributed by atoms with Gasteiger partial charge in [-0.05, 0) is 30.2 Å². The van der Waals surface area contributed by atoms with Gasteiger partial charge in [0, 0.05) is 6.54 Å². The number of nitrogens with zero attached hydrogens (tertiary/aromatic N) is 5. The van der Waals surface area contributed by atoms with E-state index in [9.17, 15) is 9.59 Å². The number of rotatable bonds is 5. The summed E-state index contributed by atoms with van der Waals surface area (Å²) in [7, 11) is 0. The van der Waals surface area contributed by atoms with Crippen molar-refractivity contribution in [2.45, 2.75) is 20.0 Å². The Morgan fingerprint density at radius 1 is 1.11 bits per heavy atom. The zero-order valence-electron chi connectivity index (χ0n) is 15.2.